The first-order valence-electron chi connectivity index (χ1n) is 14.3. The summed E-state index contributed by atoms with van der Waals surface area (Å²) in [6, 6.07) is 24.6. The van der Waals surface area contributed by atoms with Gasteiger partial charge >= 0.3 is 0 Å². The molecule has 0 saturated heterocycles. The molecule has 1 N–H and O–H groups in total. The minimum absolute atomic E-state index is 0.0429. The number of nitrogens with one attached hydrogen (secondary N) is 1. The van der Waals surface area contributed by atoms with Crippen LogP contribution in [0.1, 0.15) is 60.5 Å². The number of aromatic nitrogens is 1. The van der Waals surface area contributed by atoms with Crippen LogP contribution in [0, 0.1) is 0 Å². The Balaban J connectivity index is 1.15. The van der Waals surface area contributed by atoms with Gasteiger partial charge in [-0.3, -0.25) is 9.69 Å². The van der Waals surface area contributed by atoms with Crippen LogP contribution < -0.4 is 10.1 Å². The van der Waals surface area contributed by atoms with Crippen molar-refractivity contribution in [1.29, 1.82) is 0 Å². The molecule has 0 spiro atoms. The standard InChI is InChI=1S/C33H37N3O4S2/c1-4-29-32-30(22-36(29)21-26-10-14-27(15-11-26)40-23(2)3)41-33(35-32)34-31(37)20-25-12-16-28(17-13-25)42(38,39)19-18-24-8-6-5-7-9-24/h5-17,23,29H,4,18-22H2,1-3H3,(H,34,35,37)/t29-/m1/s1. The fourth-order valence-corrected chi connectivity index (χ4v) is 7.58. The Hall–Kier alpha value is -3.53. The minimum Gasteiger partial charge on any atom is -0.491 e. The summed E-state index contributed by atoms with van der Waals surface area (Å²) in [7, 11) is -3.41. The molecule has 220 valence electrons. The molecule has 0 unspecified atom stereocenters. The molecule has 5 rings (SSSR count). The summed E-state index contributed by atoms with van der Waals surface area (Å²) in [5.74, 6) is 0.750. The average Bonchev–Trinajstić information content (AvgIpc) is 3.49. The fraction of sp³-hybridized carbons (Fsp3) is 0.333. The smallest absolute Gasteiger partial charge is 0.230 e. The number of amides is 1. The van der Waals surface area contributed by atoms with E-state index in [1.165, 1.54) is 21.8 Å². The predicted octanol–water partition coefficient (Wildman–Crippen LogP) is 6.59. The Morgan fingerprint density at radius 2 is 1.69 bits per heavy atom. The molecule has 4 aromatic rings. The number of carbonyl (C=O) groups excluding carboxylic acids is 1. The number of anilines is 1. The summed E-state index contributed by atoms with van der Waals surface area (Å²) in [5, 5.41) is 3.56. The van der Waals surface area contributed by atoms with E-state index >= 15 is 0 Å². The van der Waals surface area contributed by atoms with Crippen molar-refractivity contribution in [3.8, 4) is 5.75 Å². The first kappa shape index (κ1) is 29.9. The molecule has 42 heavy (non-hydrogen) atoms. The van der Waals surface area contributed by atoms with Gasteiger partial charge in [-0.15, -0.1) is 11.3 Å². The number of sulfone groups is 1. The van der Waals surface area contributed by atoms with Crippen LogP contribution in [0.5, 0.6) is 5.75 Å². The number of fused-ring (bicyclic) bond motifs is 1. The summed E-state index contributed by atoms with van der Waals surface area (Å²) in [6.45, 7) is 7.82. The van der Waals surface area contributed by atoms with Gasteiger partial charge in [0, 0.05) is 18.0 Å². The molecule has 0 aliphatic carbocycles. The first-order chi connectivity index (χ1) is 20.2. The van der Waals surface area contributed by atoms with E-state index in [0.29, 0.717) is 11.6 Å². The molecule has 2 heterocycles. The maximum Gasteiger partial charge on any atom is 0.230 e. The van der Waals surface area contributed by atoms with Crippen LogP contribution in [0.15, 0.2) is 83.8 Å². The second kappa shape index (κ2) is 13.2. The average molecular weight is 604 g/mol. The number of thiazole rings is 1. The Morgan fingerprint density at radius 3 is 2.36 bits per heavy atom. The van der Waals surface area contributed by atoms with Gasteiger partial charge in [0.05, 0.1) is 34.9 Å². The van der Waals surface area contributed by atoms with E-state index in [1.807, 2.05) is 56.3 Å². The number of rotatable bonds is 12. The maximum atomic E-state index is 12.8. The van der Waals surface area contributed by atoms with Crippen molar-refractivity contribution in [3.05, 3.63) is 106 Å². The third-order valence-corrected chi connectivity index (χ3v) is 10.00. The molecule has 0 radical (unpaired) electrons. The second-order valence-corrected chi connectivity index (χ2v) is 14.1. The Bertz CT molecular complexity index is 1600. The predicted molar refractivity (Wildman–Crippen MR) is 168 cm³/mol. The monoisotopic (exact) mass is 603 g/mol. The summed E-state index contributed by atoms with van der Waals surface area (Å²) in [6.07, 6.45) is 1.69. The van der Waals surface area contributed by atoms with E-state index in [2.05, 4.69) is 29.3 Å². The molecule has 0 fully saturated rings. The largest absolute Gasteiger partial charge is 0.491 e. The highest BCUT2D eigenvalue weighted by Crippen LogP contribution is 2.41. The van der Waals surface area contributed by atoms with E-state index in [9.17, 15) is 13.2 Å². The quantitative estimate of drug-likeness (QED) is 0.196. The lowest BCUT2D eigenvalue weighted by Crippen LogP contribution is -2.22. The van der Waals surface area contributed by atoms with E-state index in [1.54, 1.807) is 24.3 Å². The van der Waals surface area contributed by atoms with Crippen LogP contribution in [0.25, 0.3) is 0 Å². The van der Waals surface area contributed by atoms with Crippen molar-refractivity contribution in [2.45, 2.75) is 70.2 Å². The lowest BCUT2D eigenvalue weighted by molar-refractivity contribution is -0.115. The van der Waals surface area contributed by atoms with Crippen molar-refractivity contribution < 1.29 is 17.9 Å². The Morgan fingerprint density at radius 1 is 1.00 bits per heavy atom. The van der Waals surface area contributed by atoms with Crippen LogP contribution >= 0.6 is 11.3 Å². The molecule has 3 aromatic carbocycles. The summed E-state index contributed by atoms with van der Waals surface area (Å²) in [5.41, 5.74) is 4.01. The van der Waals surface area contributed by atoms with E-state index in [-0.39, 0.29) is 35.1 Å². The van der Waals surface area contributed by atoms with Gasteiger partial charge in [0.25, 0.3) is 0 Å². The van der Waals surface area contributed by atoms with Gasteiger partial charge in [-0.2, -0.15) is 0 Å². The highest BCUT2D eigenvalue weighted by atomic mass is 32.2. The third kappa shape index (κ3) is 7.45. The number of aryl methyl sites for hydroxylation is 1. The molecule has 1 amide bonds. The number of hydrogen-bond acceptors (Lipinski definition) is 7. The van der Waals surface area contributed by atoms with Gasteiger partial charge in [-0.05, 0) is 67.6 Å². The maximum absolute atomic E-state index is 12.8. The molecule has 0 bridgehead atoms. The lowest BCUT2D eigenvalue weighted by atomic mass is 10.1. The number of nitrogens with zero attached hydrogens (tertiary/aromatic N) is 2. The van der Waals surface area contributed by atoms with E-state index < -0.39 is 9.84 Å². The van der Waals surface area contributed by atoms with Gasteiger partial charge in [-0.1, -0.05) is 61.5 Å². The van der Waals surface area contributed by atoms with Crippen LogP contribution in [0.4, 0.5) is 5.13 Å². The number of ether oxygens (including phenoxy) is 1. The van der Waals surface area contributed by atoms with Crippen molar-refractivity contribution in [2.24, 2.45) is 0 Å². The highest BCUT2D eigenvalue weighted by Gasteiger charge is 2.33. The molecular weight excluding hydrogens is 567 g/mol. The second-order valence-electron chi connectivity index (χ2n) is 10.9. The zero-order chi connectivity index (χ0) is 29.7. The summed E-state index contributed by atoms with van der Waals surface area (Å²) >= 11 is 1.53. The fourth-order valence-electron chi connectivity index (χ4n) is 5.23. The van der Waals surface area contributed by atoms with Gasteiger partial charge in [0.15, 0.2) is 15.0 Å². The third-order valence-electron chi connectivity index (χ3n) is 7.29. The lowest BCUT2D eigenvalue weighted by Gasteiger charge is -2.23. The van der Waals surface area contributed by atoms with Crippen molar-refractivity contribution in [2.75, 3.05) is 11.1 Å². The normalized spacial score (nSPS) is 15.1. The number of benzene rings is 3. The Labute approximate surface area is 252 Å². The minimum atomic E-state index is -3.41. The van der Waals surface area contributed by atoms with Crippen LogP contribution in [-0.2, 0) is 40.6 Å². The molecule has 9 heteroatoms. The van der Waals surface area contributed by atoms with Crippen LogP contribution in [-0.4, -0.2) is 36.1 Å². The number of carbonyl (C=O) groups is 1. The zero-order valence-electron chi connectivity index (χ0n) is 24.2. The summed E-state index contributed by atoms with van der Waals surface area (Å²) in [4.78, 5) is 21.5. The van der Waals surface area contributed by atoms with Crippen LogP contribution in [0.2, 0.25) is 0 Å². The van der Waals surface area contributed by atoms with Crippen molar-refractivity contribution in [3.63, 3.8) is 0 Å². The molecular formula is C33H37N3O4S2. The highest BCUT2D eigenvalue weighted by molar-refractivity contribution is 7.91. The molecule has 1 aliphatic rings. The molecule has 1 aliphatic heterocycles. The van der Waals surface area contributed by atoms with Gasteiger partial charge in [0.1, 0.15) is 5.75 Å². The van der Waals surface area contributed by atoms with Crippen molar-refractivity contribution >= 4 is 32.2 Å². The van der Waals surface area contributed by atoms with E-state index in [4.69, 9.17) is 9.72 Å². The number of hydrogen-bond donors (Lipinski definition) is 1. The zero-order valence-corrected chi connectivity index (χ0v) is 25.9. The first-order valence-corrected chi connectivity index (χ1v) is 16.8. The molecule has 1 atom stereocenters. The topological polar surface area (TPSA) is 88.6 Å². The molecule has 0 saturated carbocycles. The molecule has 1 aromatic heterocycles. The molecule has 7 nitrogen and oxygen atoms in total. The van der Waals surface area contributed by atoms with Crippen LogP contribution in [0.3, 0.4) is 0 Å². The van der Waals surface area contributed by atoms with Crippen molar-refractivity contribution in [1.82, 2.24) is 9.88 Å². The van der Waals surface area contributed by atoms with E-state index in [0.717, 1.165) is 42.1 Å². The van der Waals surface area contributed by atoms with Gasteiger partial charge in [0.2, 0.25) is 5.91 Å². The van der Waals surface area contributed by atoms with Gasteiger partial charge in [-0.25, -0.2) is 13.4 Å². The SMILES string of the molecule is CC[C@@H]1c2nc(NC(=O)Cc3ccc(S(=O)(=O)CCc4ccccc4)cc3)sc2CN1Cc1ccc(OC(C)C)cc1. The summed E-state index contributed by atoms with van der Waals surface area (Å²) < 4.78 is 31.3. The van der Waals surface area contributed by atoms with Gasteiger partial charge < -0.3 is 10.1 Å². The Kier molecular flexibility index (Phi) is 9.40.